The molecule has 0 atom stereocenters. The molecule has 2 rings (SSSR count). The maximum atomic E-state index is 5.97. The molecule has 0 saturated heterocycles. The smallest absolute Gasteiger partial charge is 0.227 e. The van der Waals surface area contributed by atoms with E-state index in [1.165, 1.54) is 0 Å². The largest absolute Gasteiger partial charge is 0.437 e. The number of aromatic nitrogens is 1. The molecule has 0 bridgehead atoms. The molecule has 0 saturated carbocycles. The quantitative estimate of drug-likeness (QED) is 0.515. The van der Waals surface area contributed by atoms with Crippen LogP contribution in [-0.4, -0.2) is 10.7 Å². The first-order chi connectivity index (χ1) is 11.3. The summed E-state index contributed by atoms with van der Waals surface area (Å²) in [7, 11) is 0. The Morgan fingerprint density at radius 3 is 2.74 bits per heavy atom. The second kappa shape index (κ2) is 7.90. The van der Waals surface area contributed by atoms with Crippen molar-refractivity contribution in [3.63, 3.8) is 0 Å². The number of rotatable bonds is 6. The molecule has 0 aliphatic heterocycles. The summed E-state index contributed by atoms with van der Waals surface area (Å²) in [5.41, 5.74) is 3.11. The Bertz CT molecular complexity index is 832. The predicted octanol–water partition coefficient (Wildman–Crippen LogP) is 5.59. The monoisotopic (exact) mass is 304 g/mol. The number of hydrogen-bond donors (Lipinski definition) is 0. The van der Waals surface area contributed by atoms with Gasteiger partial charge < -0.3 is 4.42 Å². The summed E-state index contributed by atoms with van der Waals surface area (Å²) in [5, 5.41) is 0.929. The van der Waals surface area contributed by atoms with Crippen LogP contribution in [0, 0.1) is 0 Å². The van der Waals surface area contributed by atoms with E-state index < -0.39 is 0 Å². The van der Waals surface area contributed by atoms with Crippen LogP contribution in [0.2, 0.25) is 0 Å². The maximum Gasteiger partial charge on any atom is 0.227 e. The van der Waals surface area contributed by atoms with E-state index in [0.29, 0.717) is 11.5 Å². The van der Waals surface area contributed by atoms with E-state index in [0.717, 1.165) is 22.2 Å². The lowest BCUT2D eigenvalue weighted by Crippen LogP contribution is -1.99. The van der Waals surface area contributed by atoms with Crippen molar-refractivity contribution in [2.24, 2.45) is 4.99 Å². The van der Waals surface area contributed by atoms with Gasteiger partial charge in [-0.3, -0.25) is 4.99 Å². The number of furan rings is 1. The van der Waals surface area contributed by atoms with Gasteiger partial charge in [-0.2, -0.15) is 0 Å². The van der Waals surface area contributed by atoms with Gasteiger partial charge in [0.1, 0.15) is 5.76 Å². The fourth-order valence-corrected chi connectivity index (χ4v) is 2.26. The molecule has 2 heterocycles. The minimum Gasteiger partial charge on any atom is -0.437 e. The lowest BCUT2D eigenvalue weighted by Gasteiger charge is -2.05. The number of fused-ring (bicyclic) bond motifs is 1. The van der Waals surface area contributed by atoms with E-state index in [2.05, 4.69) is 23.1 Å². The SMILES string of the molecule is C=C/C=C(C(/C=C\C)=N/C=C\C)\c1oc2ncccc2c1C=C. The molecule has 0 fully saturated rings. The minimum absolute atomic E-state index is 0.582. The zero-order chi connectivity index (χ0) is 16.7. The fourth-order valence-electron chi connectivity index (χ4n) is 2.26. The summed E-state index contributed by atoms with van der Waals surface area (Å²) < 4.78 is 5.97. The van der Waals surface area contributed by atoms with Gasteiger partial charge in [0.05, 0.1) is 5.71 Å². The molecular formula is C20H20N2O. The van der Waals surface area contributed by atoms with Crippen LogP contribution in [0.1, 0.15) is 25.2 Å². The number of pyridine rings is 1. The lowest BCUT2D eigenvalue weighted by molar-refractivity contribution is 0.589. The van der Waals surface area contributed by atoms with E-state index in [1.807, 2.05) is 50.3 Å². The topological polar surface area (TPSA) is 38.4 Å². The molecule has 3 heteroatoms. The predicted molar refractivity (Wildman–Crippen MR) is 99.3 cm³/mol. The molecule has 0 spiro atoms. The van der Waals surface area contributed by atoms with Crippen LogP contribution in [0.3, 0.4) is 0 Å². The average molecular weight is 304 g/mol. The lowest BCUT2D eigenvalue weighted by atomic mass is 10.0. The van der Waals surface area contributed by atoms with Crippen LogP contribution in [0.15, 0.2) is 77.5 Å². The summed E-state index contributed by atoms with van der Waals surface area (Å²) in [4.78, 5) is 8.77. The molecule has 0 aliphatic rings. The van der Waals surface area contributed by atoms with Crippen molar-refractivity contribution in [2.45, 2.75) is 13.8 Å². The number of allylic oxidation sites excluding steroid dienone is 6. The van der Waals surface area contributed by atoms with Gasteiger partial charge in [0.15, 0.2) is 0 Å². The van der Waals surface area contributed by atoms with Crippen LogP contribution >= 0.6 is 0 Å². The van der Waals surface area contributed by atoms with Crippen LogP contribution in [-0.2, 0) is 0 Å². The van der Waals surface area contributed by atoms with Gasteiger partial charge in [0.2, 0.25) is 5.71 Å². The normalized spacial score (nSPS) is 13.3. The Labute approximate surface area is 136 Å². The third kappa shape index (κ3) is 3.46. The van der Waals surface area contributed by atoms with Crippen LogP contribution in [0.5, 0.6) is 0 Å². The fraction of sp³-hybridized carbons (Fsp3) is 0.100. The third-order valence-electron chi connectivity index (χ3n) is 3.20. The third-order valence-corrected chi connectivity index (χ3v) is 3.20. The van der Waals surface area contributed by atoms with E-state index in [1.54, 1.807) is 24.5 Å². The highest BCUT2D eigenvalue weighted by Crippen LogP contribution is 2.31. The molecule has 2 aromatic rings. The summed E-state index contributed by atoms with van der Waals surface area (Å²) in [6.07, 6.45) is 14.6. The first-order valence-corrected chi connectivity index (χ1v) is 7.41. The number of hydrogen-bond acceptors (Lipinski definition) is 3. The average Bonchev–Trinajstić information content (AvgIpc) is 2.95. The zero-order valence-electron chi connectivity index (χ0n) is 13.5. The second-order valence-corrected chi connectivity index (χ2v) is 4.72. The van der Waals surface area contributed by atoms with Crippen molar-refractivity contribution in [2.75, 3.05) is 0 Å². The Morgan fingerprint density at radius 2 is 2.09 bits per heavy atom. The Kier molecular flexibility index (Phi) is 5.64. The molecule has 2 aromatic heterocycles. The Hall–Kier alpha value is -2.94. The van der Waals surface area contributed by atoms with Crippen molar-refractivity contribution < 1.29 is 4.42 Å². The van der Waals surface area contributed by atoms with Crippen molar-refractivity contribution in [3.8, 4) is 0 Å². The van der Waals surface area contributed by atoms with Gasteiger partial charge in [-0.15, -0.1) is 0 Å². The molecular weight excluding hydrogens is 284 g/mol. The van der Waals surface area contributed by atoms with Crippen molar-refractivity contribution in [3.05, 3.63) is 79.4 Å². The summed E-state index contributed by atoms with van der Waals surface area (Å²) in [6.45, 7) is 11.6. The molecule has 0 aromatic carbocycles. The van der Waals surface area contributed by atoms with Crippen LogP contribution in [0.25, 0.3) is 22.7 Å². The molecule has 0 unspecified atom stereocenters. The summed E-state index contributed by atoms with van der Waals surface area (Å²) in [5.74, 6) is 0.690. The van der Waals surface area contributed by atoms with Gasteiger partial charge in [0, 0.05) is 28.9 Å². The molecule has 3 nitrogen and oxygen atoms in total. The van der Waals surface area contributed by atoms with Gasteiger partial charge in [-0.05, 0) is 38.1 Å². The second-order valence-electron chi connectivity index (χ2n) is 4.72. The van der Waals surface area contributed by atoms with Crippen molar-refractivity contribution >= 4 is 28.5 Å². The first kappa shape index (κ1) is 16.4. The van der Waals surface area contributed by atoms with E-state index in [9.17, 15) is 0 Å². The highest BCUT2D eigenvalue weighted by molar-refractivity contribution is 6.30. The highest BCUT2D eigenvalue weighted by atomic mass is 16.3. The van der Waals surface area contributed by atoms with Crippen LogP contribution < -0.4 is 0 Å². The zero-order valence-corrected chi connectivity index (χ0v) is 13.5. The maximum absolute atomic E-state index is 5.97. The molecule has 0 aliphatic carbocycles. The standard InChI is InChI=1S/C20H20N2O/c1-5-10-17(18(11-6-2)21-13-7-3)19-15(8-4)16-12-9-14-22-20(16)23-19/h5-14H,1,4H2,2-3H3/b11-6-,13-7-,17-10-,21-18+. The van der Waals surface area contributed by atoms with Gasteiger partial charge in [-0.25, -0.2) is 4.98 Å². The van der Waals surface area contributed by atoms with Gasteiger partial charge in [0.25, 0.3) is 0 Å². The van der Waals surface area contributed by atoms with Gasteiger partial charge in [-0.1, -0.05) is 37.5 Å². The first-order valence-electron chi connectivity index (χ1n) is 7.41. The molecule has 0 amide bonds. The molecule has 23 heavy (non-hydrogen) atoms. The molecule has 0 radical (unpaired) electrons. The van der Waals surface area contributed by atoms with E-state index in [4.69, 9.17) is 4.42 Å². The molecule has 0 N–H and O–H groups in total. The number of aliphatic imine (C=N–C) groups is 1. The minimum atomic E-state index is 0.582. The van der Waals surface area contributed by atoms with Crippen LogP contribution in [0.4, 0.5) is 0 Å². The highest BCUT2D eigenvalue weighted by Gasteiger charge is 2.18. The Morgan fingerprint density at radius 1 is 1.26 bits per heavy atom. The summed E-state index contributed by atoms with van der Waals surface area (Å²) >= 11 is 0. The van der Waals surface area contributed by atoms with Crippen molar-refractivity contribution in [1.29, 1.82) is 0 Å². The number of nitrogens with zero attached hydrogens (tertiary/aromatic N) is 2. The summed E-state index contributed by atoms with van der Waals surface area (Å²) in [6, 6.07) is 3.85. The molecule has 116 valence electrons. The van der Waals surface area contributed by atoms with Crippen molar-refractivity contribution in [1.82, 2.24) is 4.98 Å². The Balaban J connectivity index is 2.74. The van der Waals surface area contributed by atoms with E-state index in [-0.39, 0.29) is 0 Å². The van der Waals surface area contributed by atoms with E-state index >= 15 is 0 Å². The van der Waals surface area contributed by atoms with Gasteiger partial charge >= 0.3 is 0 Å².